The maximum Gasteiger partial charge on any atom is 0.225 e. The van der Waals surface area contributed by atoms with Crippen LogP contribution in [0.2, 0.25) is 0 Å². The second-order valence-corrected chi connectivity index (χ2v) is 3.84. The molecule has 1 aromatic rings. The lowest BCUT2D eigenvalue weighted by Gasteiger charge is -2.32. The summed E-state index contributed by atoms with van der Waals surface area (Å²) in [6.07, 6.45) is 3.36. The van der Waals surface area contributed by atoms with Crippen molar-refractivity contribution in [1.82, 2.24) is 25.0 Å². The molecule has 1 fully saturated rings. The highest BCUT2D eigenvalue weighted by Gasteiger charge is 2.25. The van der Waals surface area contributed by atoms with Crippen molar-refractivity contribution >= 4 is 5.91 Å². The average molecular weight is 234 g/mol. The van der Waals surface area contributed by atoms with Crippen LogP contribution in [0.1, 0.15) is 6.42 Å². The minimum atomic E-state index is -0.355. The van der Waals surface area contributed by atoms with Crippen LogP contribution in [-0.4, -0.2) is 51.2 Å². The monoisotopic (exact) mass is 234 g/mol. The molecule has 1 aromatic heterocycles. The molecule has 0 saturated carbocycles. The van der Waals surface area contributed by atoms with Gasteiger partial charge < -0.3 is 10.2 Å². The van der Waals surface area contributed by atoms with Gasteiger partial charge in [-0.2, -0.15) is 10.4 Å². The molecule has 1 aliphatic rings. The molecule has 1 atom stereocenters. The molecule has 17 heavy (non-hydrogen) atoms. The van der Waals surface area contributed by atoms with E-state index < -0.39 is 0 Å². The lowest BCUT2D eigenvalue weighted by molar-refractivity contribution is -0.133. The van der Waals surface area contributed by atoms with E-state index in [0.717, 1.165) is 6.54 Å². The molecule has 2 heterocycles. The van der Waals surface area contributed by atoms with Gasteiger partial charge in [0.25, 0.3) is 0 Å². The fourth-order valence-electron chi connectivity index (χ4n) is 1.82. The van der Waals surface area contributed by atoms with Gasteiger partial charge in [0.05, 0.1) is 12.6 Å². The molecular formula is C10H14N6O. The Labute approximate surface area is 99.0 Å². The second-order valence-electron chi connectivity index (χ2n) is 3.84. The predicted octanol–water partition coefficient (Wildman–Crippen LogP) is -1.01. The largest absolute Gasteiger partial charge is 0.324 e. The summed E-state index contributed by atoms with van der Waals surface area (Å²) < 4.78 is 1.61. The number of aryl methyl sites for hydroxylation is 1. The van der Waals surface area contributed by atoms with Gasteiger partial charge in [-0.25, -0.2) is 4.98 Å². The van der Waals surface area contributed by atoms with Crippen LogP contribution in [0.15, 0.2) is 12.7 Å². The number of aromatic nitrogens is 3. The number of hydrogen-bond donors (Lipinski definition) is 1. The Bertz CT molecular complexity index is 409. The zero-order valence-corrected chi connectivity index (χ0v) is 9.41. The summed E-state index contributed by atoms with van der Waals surface area (Å²) >= 11 is 0. The SMILES string of the molecule is N#CC1CNCCN1C(=O)CCn1cncn1. The Morgan fingerprint density at radius 1 is 1.65 bits per heavy atom. The number of rotatable bonds is 3. The van der Waals surface area contributed by atoms with Crippen LogP contribution in [-0.2, 0) is 11.3 Å². The molecule has 1 amide bonds. The normalized spacial score (nSPS) is 19.9. The summed E-state index contributed by atoms with van der Waals surface area (Å²) in [7, 11) is 0. The standard InChI is InChI=1S/C10H14N6O/c11-5-9-6-12-2-4-16(9)10(17)1-3-15-8-13-7-14-15/h7-9,12H,1-4,6H2. The maximum atomic E-state index is 11.9. The first-order valence-electron chi connectivity index (χ1n) is 5.53. The zero-order chi connectivity index (χ0) is 12.1. The van der Waals surface area contributed by atoms with Crippen molar-refractivity contribution in [3.63, 3.8) is 0 Å². The molecule has 1 saturated heterocycles. The van der Waals surface area contributed by atoms with Crippen LogP contribution < -0.4 is 5.32 Å². The van der Waals surface area contributed by atoms with Crippen LogP contribution in [0.25, 0.3) is 0 Å². The molecule has 1 unspecified atom stereocenters. The van der Waals surface area contributed by atoms with Gasteiger partial charge in [-0.3, -0.25) is 9.48 Å². The van der Waals surface area contributed by atoms with Crippen molar-refractivity contribution in [3.05, 3.63) is 12.7 Å². The number of carbonyl (C=O) groups excluding carboxylic acids is 1. The van der Waals surface area contributed by atoms with Gasteiger partial charge in [0.1, 0.15) is 18.7 Å². The first-order valence-corrected chi connectivity index (χ1v) is 5.53. The van der Waals surface area contributed by atoms with E-state index in [1.807, 2.05) is 0 Å². The highest BCUT2D eigenvalue weighted by molar-refractivity contribution is 5.77. The number of nitrogens with zero attached hydrogens (tertiary/aromatic N) is 5. The maximum absolute atomic E-state index is 11.9. The smallest absolute Gasteiger partial charge is 0.225 e. The van der Waals surface area contributed by atoms with E-state index in [0.29, 0.717) is 26.1 Å². The van der Waals surface area contributed by atoms with Gasteiger partial charge in [0, 0.05) is 26.1 Å². The van der Waals surface area contributed by atoms with E-state index in [4.69, 9.17) is 5.26 Å². The quantitative estimate of drug-likeness (QED) is 0.724. The topological polar surface area (TPSA) is 86.8 Å². The van der Waals surface area contributed by atoms with Gasteiger partial charge >= 0.3 is 0 Å². The fraction of sp³-hybridized carbons (Fsp3) is 0.600. The van der Waals surface area contributed by atoms with E-state index in [-0.39, 0.29) is 11.9 Å². The summed E-state index contributed by atoms with van der Waals surface area (Å²) in [5.74, 6) is -0.00597. The molecule has 2 rings (SSSR count). The minimum absolute atomic E-state index is 0.00597. The van der Waals surface area contributed by atoms with Gasteiger partial charge in [-0.15, -0.1) is 0 Å². The predicted molar refractivity (Wildman–Crippen MR) is 58.6 cm³/mol. The molecule has 90 valence electrons. The number of nitrogens with one attached hydrogen (secondary N) is 1. The number of carbonyl (C=O) groups is 1. The summed E-state index contributed by atoms with van der Waals surface area (Å²) in [5, 5.41) is 16.0. The third-order valence-electron chi connectivity index (χ3n) is 2.73. The lowest BCUT2D eigenvalue weighted by Crippen LogP contribution is -2.53. The number of hydrogen-bond acceptors (Lipinski definition) is 5. The minimum Gasteiger partial charge on any atom is -0.324 e. The third kappa shape index (κ3) is 2.79. The molecule has 0 bridgehead atoms. The molecule has 1 N–H and O–H groups in total. The fourth-order valence-corrected chi connectivity index (χ4v) is 1.82. The van der Waals surface area contributed by atoms with Gasteiger partial charge in [-0.1, -0.05) is 0 Å². The van der Waals surface area contributed by atoms with Crippen molar-refractivity contribution in [3.8, 4) is 6.07 Å². The van der Waals surface area contributed by atoms with Crippen LogP contribution in [0.3, 0.4) is 0 Å². The molecule has 0 aliphatic carbocycles. The molecule has 7 nitrogen and oxygen atoms in total. The van der Waals surface area contributed by atoms with Crippen LogP contribution in [0.5, 0.6) is 0 Å². The number of nitriles is 1. The summed E-state index contributed by atoms with van der Waals surface area (Å²) in [6, 6.07) is 1.78. The second kappa shape index (κ2) is 5.41. The zero-order valence-electron chi connectivity index (χ0n) is 9.41. The summed E-state index contributed by atoms with van der Waals surface area (Å²) in [6.45, 7) is 2.38. The van der Waals surface area contributed by atoms with Gasteiger partial charge in [0.15, 0.2) is 0 Å². The lowest BCUT2D eigenvalue weighted by atomic mass is 10.2. The summed E-state index contributed by atoms with van der Waals surface area (Å²) in [4.78, 5) is 17.4. The molecule has 7 heteroatoms. The van der Waals surface area contributed by atoms with Gasteiger partial charge in [-0.05, 0) is 0 Å². The Morgan fingerprint density at radius 2 is 2.53 bits per heavy atom. The third-order valence-corrected chi connectivity index (χ3v) is 2.73. The van der Waals surface area contributed by atoms with E-state index in [2.05, 4.69) is 21.5 Å². The molecule has 0 radical (unpaired) electrons. The van der Waals surface area contributed by atoms with Crippen molar-refractivity contribution < 1.29 is 4.79 Å². The van der Waals surface area contributed by atoms with Crippen molar-refractivity contribution in [1.29, 1.82) is 5.26 Å². The number of piperazine rings is 1. The molecule has 0 aromatic carbocycles. The van der Waals surface area contributed by atoms with Gasteiger partial charge in [0.2, 0.25) is 5.91 Å². The first kappa shape index (κ1) is 11.5. The van der Waals surface area contributed by atoms with E-state index in [1.54, 1.807) is 15.9 Å². The van der Waals surface area contributed by atoms with Crippen LogP contribution in [0, 0.1) is 11.3 Å². The molecular weight excluding hydrogens is 220 g/mol. The van der Waals surface area contributed by atoms with Crippen molar-refractivity contribution in [2.24, 2.45) is 0 Å². The van der Waals surface area contributed by atoms with E-state index in [9.17, 15) is 4.79 Å². The molecule has 1 aliphatic heterocycles. The Balaban J connectivity index is 1.88. The number of amides is 1. The Kier molecular flexibility index (Phi) is 3.67. The van der Waals surface area contributed by atoms with Crippen LogP contribution >= 0.6 is 0 Å². The highest BCUT2D eigenvalue weighted by atomic mass is 16.2. The van der Waals surface area contributed by atoms with E-state index >= 15 is 0 Å². The highest BCUT2D eigenvalue weighted by Crippen LogP contribution is 2.05. The van der Waals surface area contributed by atoms with E-state index in [1.165, 1.54) is 6.33 Å². The van der Waals surface area contributed by atoms with Crippen LogP contribution in [0.4, 0.5) is 0 Å². The molecule has 0 spiro atoms. The Morgan fingerprint density at radius 3 is 3.24 bits per heavy atom. The summed E-state index contributed by atoms with van der Waals surface area (Å²) in [5.41, 5.74) is 0. The first-order chi connectivity index (χ1) is 8.31. The Hall–Kier alpha value is -1.94. The average Bonchev–Trinajstić information content (AvgIpc) is 2.89. The van der Waals surface area contributed by atoms with Crippen molar-refractivity contribution in [2.45, 2.75) is 19.0 Å². The van der Waals surface area contributed by atoms with Crippen molar-refractivity contribution in [2.75, 3.05) is 19.6 Å².